The van der Waals surface area contributed by atoms with Crippen LogP contribution in [0.5, 0.6) is 0 Å². The minimum Gasteiger partial charge on any atom is -0.478 e. The van der Waals surface area contributed by atoms with E-state index in [4.69, 9.17) is 5.11 Å². The predicted octanol–water partition coefficient (Wildman–Crippen LogP) is 2.20. The maximum Gasteiger partial charge on any atom is 0.434 e. The summed E-state index contributed by atoms with van der Waals surface area (Å²) in [6.45, 7) is 0. The van der Waals surface area contributed by atoms with Crippen molar-refractivity contribution in [1.29, 1.82) is 0 Å². The molecule has 6 nitrogen and oxygen atoms in total. The van der Waals surface area contributed by atoms with Crippen molar-refractivity contribution in [2.75, 3.05) is 0 Å². The summed E-state index contributed by atoms with van der Waals surface area (Å²) in [5.41, 5.74) is -1.03. The van der Waals surface area contributed by atoms with Gasteiger partial charge in [-0.25, -0.2) is 9.48 Å². The van der Waals surface area contributed by atoms with Gasteiger partial charge in [-0.1, -0.05) is 18.2 Å². The molecule has 2 unspecified atom stereocenters. The number of nitrogens with zero attached hydrogens (tertiary/aromatic N) is 2. The Hall–Kier alpha value is -3.10. The van der Waals surface area contributed by atoms with Crippen molar-refractivity contribution < 1.29 is 27.9 Å². The Bertz CT molecular complexity index is 934. The second-order valence-corrected chi connectivity index (χ2v) is 5.80. The molecule has 1 aliphatic heterocycles. The first-order valence-electron chi connectivity index (χ1n) is 7.29. The van der Waals surface area contributed by atoms with E-state index in [9.17, 15) is 22.8 Å². The number of carbonyl (C=O) groups is 2. The third kappa shape index (κ3) is 2.15. The third-order valence-corrected chi connectivity index (χ3v) is 4.43. The SMILES string of the molecule is O=C1NC2=CC=C(n3ncc(C(=O)O)c3C(F)(F)F)C3C=CC=C1C23. The second-order valence-electron chi connectivity index (χ2n) is 5.80. The van der Waals surface area contributed by atoms with E-state index in [0.717, 1.165) is 0 Å². The Morgan fingerprint density at radius 1 is 1.28 bits per heavy atom. The molecule has 0 saturated carbocycles. The topological polar surface area (TPSA) is 84.2 Å². The van der Waals surface area contributed by atoms with Gasteiger partial charge in [-0.2, -0.15) is 18.3 Å². The van der Waals surface area contributed by atoms with Gasteiger partial charge in [-0.3, -0.25) is 4.79 Å². The molecule has 3 aliphatic rings. The van der Waals surface area contributed by atoms with E-state index in [1.54, 1.807) is 18.2 Å². The molecule has 25 heavy (non-hydrogen) atoms. The monoisotopic (exact) mass is 349 g/mol. The molecule has 1 aromatic rings. The van der Waals surface area contributed by atoms with Gasteiger partial charge < -0.3 is 10.4 Å². The number of rotatable bonds is 2. The Morgan fingerprint density at radius 2 is 2.04 bits per heavy atom. The number of alkyl halides is 3. The van der Waals surface area contributed by atoms with Crippen molar-refractivity contribution in [3.63, 3.8) is 0 Å². The third-order valence-electron chi connectivity index (χ3n) is 4.43. The molecular formula is C16H10F3N3O3. The Balaban J connectivity index is 1.88. The molecule has 1 saturated heterocycles. The van der Waals surface area contributed by atoms with Gasteiger partial charge in [-0.15, -0.1) is 0 Å². The van der Waals surface area contributed by atoms with Crippen molar-refractivity contribution in [3.05, 3.63) is 59.1 Å². The smallest absolute Gasteiger partial charge is 0.434 e. The average Bonchev–Trinajstić information content (AvgIpc) is 3.11. The molecular weight excluding hydrogens is 339 g/mol. The number of nitrogens with one attached hydrogen (secondary N) is 1. The maximum absolute atomic E-state index is 13.4. The molecule has 2 heterocycles. The Morgan fingerprint density at radius 3 is 2.72 bits per heavy atom. The van der Waals surface area contributed by atoms with E-state index < -0.39 is 35.2 Å². The lowest BCUT2D eigenvalue weighted by Gasteiger charge is -2.30. The molecule has 1 fully saturated rings. The first kappa shape index (κ1) is 15.4. The summed E-state index contributed by atoms with van der Waals surface area (Å²) in [5.74, 6) is -2.97. The first-order chi connectivity index (χ1) is 11.8. The number of hydrogen-bond acceptors (Lipinski definition) is 3. The highest BCUT2D eigenvalue weighted by atomic mass is 19.4. The largest absolute Gasteiger partial charge is 0.478 e. The van der Waals surface area contributed by atoms with Crippen LogP contribution in [0.15, 0.2) is 47.8 Å². The summed E-state index contributed by atoms with van der Waals surface area (Å²) >= 11 is 0. The van der Waals surface area contributed by atoms with Crippen LogP contribution in [0.3, 0.4) is 0 Å². The minimum absolute atomic E-state index is 0.159. The highest BCUT2D eigenvalue weighted by molar-refractivity contribution is 6.00. The standard InChI is InChI=1S/C16H10F3N3O3/c17-16(18,19)13-9(15(24)25)6-20-22(13)11-5-4-10-12-7(11)2-1-3-8(12)14(23)21-10/h1-7,12H,(H,21,23)(H,24,25). The Kier molecular flexibility index (Phi) is 3.05. The molecule has 0 radical (unpaired) electrons. The van der Waals surface area contributed by atoms with Crippen LogP contribution in [0.2, 0.25) is 0 Å². The lowest BCUT2D eigenvalue weighted by atomic mass is 9.77. The molecule has 0 spiro atoms. The lowest BCUT2D eigenvalue weighted by Crippen LogP contribution is -2.27. The lowest BCUT2D eigenvalue weighted by molar-refractivity contribution is -0.143. The van der Waals surface area contributed by atoms with Gasteiger partial charge in [0.25, 0.3) is 5.91 Å². The number of aromatic nitrogens is 2. The van der Waals surface area contributed by atoms with Crippen molar-refractivity contribution in [1.82, 2.24) is 15.1 Å². The summed E-state index contributed by atoms with van der Waals surface area (Å²) in [7, 11) is 0. The molecule has 0 aromatic carbocycles. The fourth-order valence-corrected chi connectivity index (χ4v) is 3.43. The summed E-state index contributed by atoms with van der Waals surface area (Å²) in [6.07, 6.45) is 3.64. The summed E-state index contributed by atoms with van der Waals surface area (Å²) in [6, 6.07) is 0. The van der Waals surface area contributed by atoms with Crippen LogP contribution in [0.4, 0.5) is 13.2 Å². The van der Waals surface area contributed by atoms with Gasteiger partial charge in [0, 0.05) is 23.1 Å². The number of carboxylic acids is 1. The summed E-state index contributed by atoms with van der Waals surface area (Å²) in [5, 5.41) is 15.4. The minimum atomic E-state index is -4.89. The normalized spacial score (nSPS) is 24.3. The molecule has 2 aliphatic carbocycles. The molecule has 9 heteroatoms. The number of allylic oxidation sites excluding steroid dienone is 7. The number of aromatic carboxylic acids is 1. The van der Waals surface area contributed by atoms with E-state index in [2.05, 4.69) is 10.4 Å². The molecule has 4 rings (SSSR count). The van der Waals surface area contributed by atoms with Gasteiger partial charge >= 0.3 is 12.1 Å². The van der Waals surface area contributed by atoms with Gasteiger partial charge in [0.2, 0.25) is 0 Å². The molecule has 0 bridgehead atoms. The Labute approximate surface area is 138 Å². The maximum atomic E-state index is 13.4. The number of carboxylic acid groups (broad SMARTS) is 1. The zero-order valence-corrected chi connectivity index (χ0v) is 12.4. The van der Waals surface area contributed by atoms with Gasteiger partial charge in [0.1, 0.15) is 5.56 Å². The average molecular weight is 349 g/mol. The molecule has 2 atom stereocenters. The van der Waals surface area contributed by atoms with Gasteiger partial charge in [0.05, 0.1) is 11.9 Å². The van der Waals surface area contributed by atoms with E-state index >= 15 is 0 Å². The molecule has 1 amide bonds. The van der Waals surface area contributed by atoms with Gasteiger partial charge in [-0.05, 0) is 12.2 Å². The van der Waals surface area contributed by atoms with Crippen LogP contribution in [0.25, 0.3) is 5.70 Å². The fraction of sp³-hybridized carbons (Fsp3) is 0.188. The molecule has 2 N–H and O–H groups in total. The van der Waals surface area contributed by atoms with Crippen molar-refractivity contribution in [3.8, 4) is 0 Å². The first-order valence-corrected chi connectivity index (χ1v) is 7.29. The zero-order valence-electron chi connectivity index (χ0n) is 12.4. The van der Waals surface area contributed by atoms with Crippen molar-refractivity contribution >= 4 is 17.6 Å². The highest BCUT2D eigenvalue weighted by Crippen LogP contribution is 2.45. The summed E-state index contributed by atoms with van der Waals surface area (Å²) < 4.78 is 40.9. The van der Waals surface area contributed by atoms with Crippen LogP contribution in [-0.2, 0) is 11.0 Å². The number of halogens is 3. The van der Waals surface area contributed by atoms with Crippen LogP contribution >= 0.6 is 0 Å². The van der Waals surface area contributed by atoms with Crippen LogP contribution in [0, 0.1) is 11.8 Å². The van der Waals surface area contributed by atoms with Crippen LogP contribution < -0.4 is 5.32 Å². The van der Waals surface area contributed by atoms with E-state index in [-0.39, 0.29) is 11.6 Å². The number of hydrogen-bond donors (Lipinski definition) is 2. The molecule has 1 aromatic heterocycles. The summed E-state index contributed by atoms with van der Waals surface area (Å²) in [4.78, 5) is 23.1. The second kappa shape index (κ2) is 4.95. The molecule has 128 valence electrons. The van der Waals surface area contributed by atoms with Crippen molar-refractivity contribution in [2.24, 2.45) is 11.8 Å². The number of carbonyl (C=O) groups excluding carboxylic acids is 1. The highest BCUT2D eigenvalue weighted by Gasteiger charge is 2.46. The predicted molar refractivity (Wildman–Crippen MR) is 78.9 cm³/mol. The fourth-order valence-electron chi connectivity index (χ4n) is 3.43. The number of amides is 1. The zero-order chi connectivity index (χ0) is 17.9. The van der Waals surface area contributed by atoms with E-state index in [1.807, 2.05) is 0 Å². The van der Waals surface area contributed by atoms with E-state index in [0.29, 0.717) is 22.1 Å². The van der Waals surface area contributed by atoms with Crippen LogP contribution in [0.1, 0.15) is 16.1 Å². The van der Waals surface area contributed by atoms with Crippen molar-refractivity contribution in [2.45, 2.75) is 6.18 Å². The quantitative estimate of drug-likeness (QED) is 0.857. The van der Waals surface area contributed by atoms with Crippen LogP contribution in [-0.4, -0.2) is 26.8 Å². The van der Waals surface area contributed by atoms with E-state index in [1.165, 1.54) is 12.2 Å². The van der Waals surface area contributed by atoms with Gasteiger partial charge in [0.15, 0.2) is 5.69 Å².